The lowest BCUT2D eigenvalue weighted by atomic mass is 9.79. The lowest BCUT2D eigenvalue weighted by Gasteiger charge is -2.29. The highest BCUT2D eigenvalue weighted by Crippen LogP contribution is 2.48. The molecule has 2 amide bonds. The fourth-order valence-electron chi connectivity index (χ4n) is 4.89. The van der Waals surface area contributed by atoms with Gasteiger partial charge in [-0.1, -0.05) is 29.8 Å². The number of fused-ring (bicyclic) bond motifs is 2. The SMILES string of the molecule is CCOC(=O)c1ccc(NC(=O)C2CC(CC(C)C)NC23C(=O)Nc2ccc(Br)cc23)cc1. The van der Waals surface area contributed by atoms with Crippen molar-refractivity contribution in [2.75, 3.05) is 17.2 Å². The van der Waals surface area contributed by atoms with E-state index < -0.39 is 17.4 Å². The summed E-state index contributed by atoms with van der Waals surface area (Å²) in [5.74, 6) is -1.03. The molecule has 8 heteroatoms. The van der Waals surface area contributed by atoms with Crippen molar-refractivity contribution in [3.8, 4) is 0 Å². The van der Waals surface area contributed by atoms with Crippen LogP contribution in [0.3, 0.4) is 0 Å². The van der Waals surface area contributed by atoms with Crippen LogP contribution < -0.4 is 16.0 Å². The van der Waals surface area contributed by atoms with Crippen molar-refractivity contribution in [2.24, 2.45) is 11.8 Å². The van der Waals surface area contributed by atoms with Gasteiger partial charge in [0.05, 0.1) is 18.1 Å². The van der Waals surface area contributed by atoms with Crippen LogP contribution in [0.15, 0.2) is 46.9 Å². The number of ether oxygens (including phenoxy) is 1. The number of hydrogen-bond donors (Lipinski definition) is 3. The molecule has 3 N–H and O–H groups in total. The van der Waals surface area contributed by atoms with E-state index in [0.717, 1.165) is 22.1 Å². The van der Waals surface area contributed by atoms with Gasteiger partial charge in [-0.3, -0.25) is 14.9 Å². The van der Waals surface area contributed by atoms with Crippen LogP contribution in [0.2, 0.25) is 0 Å². The Morgan fingerprint density at radius 3 is 2.61 bits per heavy atom. The van der Waals surface area contributed by atoms with Gasteiger partial charge in [0.25, 0.3) is 0 Å². The summed E-state index contributed by atoms with van der Waals surface area (Å²) < 4.78 is 5.86. The third-order valence-electron chi connectivity index (χ3n) is 6.22. The van der Waals surface area contributed by atoms with Crippen molar-refractivity contribution in [3.05, 3.63) is 58.1 Å². The summed E-state index contributed by atoms with van der Waals surface area (Å²) in [5, 5.41) is 9.44. The molecule has 3 atom stereocenters. The first-order valence-corrected chi connectivity index (χ1v) is 12.0. The number of esters is 1. The average molecular weight is 514 g/mol. The van der Waals surface area contributed by atoms with Gasteiger partial charge >= 0.3 is 5.97 Å². The van der Waals surface area contributed by atoms with E-state index in [2.05, 4.69) is 45.7 Å². The van der Waals surface area contributed by atoms with Gasteiger partial charge in [0, 0.05) is 27.5 Å². The molecule has 3 unspecified atom stereocenters. The molecule has 0 aromatic heterocycles. The van der Waals surface area contributed by atoms with E-state index in [0.29, 0.717) is 30.2 Å². The third kappa shape index (κ3) is 4.42. The van der Waals surface area contributed by atoms with Crippen molar-refractivity contribution in [1.82, 2.24) is 5.32 Å². The van der Waals surface area contributed by atoms with E-state index in [1.54, 1.807) is 31.2 Å². The molecule has 2 heterocycles. The number of rotatable bonds is 6. The molecule has 2 aromatic rings. The van der Waals surface area contributed by atoms with E-state index in [9.17, 15) is 14.4 Å². The maximum atomic E-state index is 13.5. The highest BCUT2D eigenvalue weighted by Gasteiger charge is 2.60. The standard InChI is InChI=1S/C25H28BrN3O4/c1-4-33-23(31)15-5-8-17(9-6-15)27-22(30)20-13-18(11-14(2)3)29-25(20)19-12-16(26)7-10-21(19)28-24(25)32/h5-10,12,14,18,20,29H,4,11,13H2,1-3H3,(H,27,30)(H,28,32). The van der Waals surface area contributed by atoms with Crippen molar-refractivity contribution in [3.63, 3.8) is 0 Å². The molecular weight excluding hydrogens is 486 g/mol. The Kier molecular flexibility index (Phi) is 6.59. The molecule has 0 radical (unpaired) electrons. The Hall–Kier alpha value is -2.71. The van der Waals surface area contributed by atoms with Gasteiger partial charge < -0.3 is 15.4 Å². The highest BCUT2D eigenvalue weighted by molar-refractivity contribution is 9.10. The predicted octanol–water partition coefficient (Wildman–Crippen LogP) is 4.44. The maximum absolute atomic E-state index is 13.5. The summed E-state index contributed by atoms with van der Waals surface area (Å²) in [7, 11) is 0. The summed E-state index contributed by atoms with van der Waals surface area (Å²) in [5.41, 5.74) is 1.35. The number of carbonyl (C=O) groups excluding carboxylic acids is 3. The third-order valence-corrected chi connectivity index (χ3v) is 6.72. The lowest BCUT2D eigenvalue weighted by Crippen LogP contribution is -2.52. The number of anilines is 2. The Morgan fingerprint density at radius 1 is 1.21 bits per heavy atom. The largest absolute Gasteiger partial charge is 0.462 e. The first kappa shape index (κ1) is 23.4. The van der Waals surface area contributed by atoms with E-state index in [1.165, 1.54) is 0 Å². The van der Waals surface area contributed by atoms with Crippen LogP contribution in [-0.2, 0) is 19.9 Å². The average Bonchev–Trinajstić information content (AvgIpc) is 3.27. The van der Waals surface area contributed by atoms with Gasteiger partial charge in [-0.2, -0.15) is 0 Å². The zero-order valence-corrected chi connectivity index (χ0v) is 20.5. The van der Waals surface area contributed by atoms with Crippen LogP contribution in [0.5, 0.6) is 0 Å². The van der Waals surface area contributed by atoms with Gasteiger partial charge in [0.15, 0.2) is 0 Å². The summed E-state index contributed by atoms with van der Waals surface area (Å²) in [6, 6.07) is 12.2. The number of benzene rings is 2. The second-order valence-corrected chi connectivity index (χ2v) is 9.91. The lowest BCUT2D eigenvalue weighted by molar-refractivity contribution is -0.130. The van der Waals surface area contributed by atoms with E-state index >= 15 is 0 Å². The van der Waals surface area contributed by atoms with Crippen molar-refractivity contribution < 1.29 is 19.1 Å². The quantitative estimate of drug-likeness (QED) is 0.496. The van der Waals surface area contributed by atoms with E-state index in [1.807, 2.05) is 18.2 Å². The first-order valence-electron chi connectivity index (χ1n) is 11.2. The van der Waals surface area contributed by atoms with E-state index in [4.69, 9.17) is 4.74 Å². The minimum Gasteiger partial charge on any atom is -0.462 e. The molecule has 2 aromatic carbocycles. The molecule has 174 valence electrons. The molecule has 0 aliphatic carbocycles. The molecule has 1 saturated heterocycles. The highest BCUT2D eigenvalue weighted by atomic mass is 79.9. The molecule has 2 aliphatic heterocycles. The fraction of sp³-hybridized carbons (Fsp3) is 0.400. The topological polar surface area (TPSA) is 96.5 Å². The molecule has 0 saturated carbocycles. The Morgan fingerprint density at radius 2 is 1.94 bits per heavy atom. The molecular formula is C25H28BrN3O4. The smallest absolute Gasteiger partial charge is 0.338 e. The minimum absolute atomic E-state index is 0.0302. The molecule has 4 rings (SSSR count). The molecule has 33 heavy (non-hydrogen) atoms. The first-order chi connectivity index (χ1) is 15.7. The second-order valence-electron chi connectivity index (χ2n) is 9.00. The summed E-state index contributed by atoms with van der Waals surface area (Å²) >= 11 is 3.51. The molecule has 1 fully saturated rings. The van der Waals surface area contributed by atoms with Gasteiger partial charge in [-0.25, -0.2) is 4.79 Å². The second kappa shape index (κ2) is 9.27. The van der Waals surface area contributed by atoms with Crippen LogP contribution in [0, 0.1) is 11.8 Å². The number of nitrogens with one attached hydrogen (secondary N) is 3. The Balaban J connectivity index is 1.63. The molecule has 7 nitrogen and oxygen atoms in total. The summed E-state index contributed by atoms with van der Waals surface area (Å²) in [6.07, 6.45) is 1.40. The van der Waals surface area contributed by atoms with Gasteiger partial charge in [0.2, 0.25) is 11.8 Å². The Bertz CT molecular complexity index is 1090. The van der Waals surface area contributed by atoms with Gasteiger partial charge in [0.1, 0.15) is 5.54 Å². The molecule has 2 aliphatic rings. The molecule has 0 bridgehead atoms. The minimum atomic E-state index is -1.13. The number of amides is 2. The predicted molar refractivity (Wildman–Crippen MR) is 130 cm³/mol. The molecule has 1 spiro atoms. The zero-order chi connectivity index (χ0) is 23.8. The van der Waals surface area contributed by atoms with Crippen LogP contribution in [0.4, 0.5) is 11.4 Å². The summed E-state index contributed by atoms with van der Waals surface area (Å²) in [6.45, 7) is 6.31. The van der Waals surface area contributed by atoms with E-state index in [-0.39, 0.29) is 17.9 Å². The van der Waals surface area contributed by atoms with Crippen molar-refractivity contribution >= 4 is 45.1 Å². The van der Waals surface area contributed by atoms with Crippen LogP contribution in [-0.4, -0.2) is 30.4 Å². The zero-order valence-electron chi connectivity index (χ0n) is 18.9. The van der Waals surface area contributed by atoms with Crippen LogP contribution >= 0.6 is 15.9 Å². The van der Waals surface area contributed by atoms with Gasteiger partial charge in [-0.15, -0.1) is 0 Å². The van der Waals surface area contributed by atoms with Crippen LogP contribution in [0.1, 0.15) is 49.5 Å². The van der Waals surface area contributed by atoms with Crippen molar-refractivity contribution in [1.29, 1.82) is 0 Å². The summed E-state index contributed by atoms with van der Waals surface area (Å²) in [4.78, 5) is 38.8. The normalized spacial score (nSPS) is 23.5. The number of hydrogen-bond acceptors (Lipinski definition) is 5. The monoisotopic (exact) mass is 513 g/mol. The number of halogens is 1. The Labute approximate surface area is 201 Å². The fourth-order valence-corrected chi connectivity index (χ4v) is 5.25. The van der Waals surface area contributed by atoms with Crippen molar-refractivity contribution in [2.45, 2.75) is 45.2 Å². The van der Waals surface area contributed by atoms with Gasteiger partial charge in [-0.05, 0) is 68.1 Å². The maximum Gasteiger partial charge on any atom is 0.338 e. The van der Waals surface area contributed by atoms with Crippen LogP contribution in [0.25, 0.3) is 0 Å². The number of carbonyl (C=O) groups is 3.